The summed E-state index contributed by atoms with van der Waals surface area (Å²) in [7, 11) is 0. The molecule has 2 nitrogen and oxygen atoms in total. The molecule has 3 atom stereocenters. The predicted octanol–water partition coefficient (Wildman–Crippen LogP) is 8.99. The molecule has 0 bridgehead atoms. The van der Waals surface area contributed by atoms with E-state index in [0.717, 1.165) is 5.56 Å². The molecule has 2 aromatic carbocycles. The maximum atomic E-state index is 13.0. The average Bonchev–Trinajstić information content (AvgIpc) is 2.78. The molecule has 0 unspecified atom stereocenters. The van der Waals surface area contributed by atoms with Crippen LogP contribution in [0.25, 0.3) is 0 Å². The number of benzene rings is 2. The van der Waals surface area contributed by atoms with Crippen molar-refractivity contribution in [1.29, 1.82) is 0 Å². The van der Waals surface area contributed by atoms with Gasteiger partial charge in [-0.25, -0.2) is 0 Å². The van der Waals surface area contributed by atoms with Gasteiger partial charge in [-0.1, -0.05) is 103 Å². The first-order valence-corrected chi connectivity index (χ1v) is 12.6. The minimum Gasteiger partial charge on any atom is -0.369 e. The Morgan fingerprint density at radius 2 is 1.39 bits per heavy atom. The molecule has 0 saturated heterocycles. The Morgan fingerprint density at radius 1 is 0.848 bits per heavy atom. The van der Waals surface area contributed by atoms with Gasteiger partial charge in [0.15, 0.2) is 5.78 Å². The normalized spacial score (nSPS) is 14.9. The van der Waals surface area contributed by atoms with Crippen LogP contribution in [0.1, 0.15) is 125 Å². The van der Waals surface area contributed by atoms with Crippen molar-refractivity contribution in [2.24, 2.45) is 5.92 Å². The Hall–Kier alpha value is -2.19. The highest BCUT2D eigenvalue weighted by atomic mass is 16.5. The molecule has 0 saturated carbocycles. The van der Waals surface area contributed by atoms with Crippen molar-refractivity contribution < 1.29 is 9.53 Å². The third kappa shape index (κ3) is 7.14. The minimum atomic E-state index is -0.186. The molecule has 33 heavy (non-hydrogen) atoms. The zero-order valence-corrected chi connectivity index (χ0v) is 22.2. The van der Waals surface area contributed by atoms with Crippen LogP contribution >= 0.6 is 0 Å². The van der Waals surface area contributed by atoms with E-state index in [1.807, 2.05) is 37.3 Å². The van der Waals surface area contributed by atoms with Crippen molar-refractivity contribution in [2.45, 2.75) is 98.7 Å². The quantitative estimate of drug-likeness (QED) is 0.253. The summed E-state index contributed by atoms with van der Waals surface area (Å²) >= 11 is 0. The molecule has 0 aliphatic carbocycles. The molecule has 0 aromatic heterocycles. The number of Topliss-reactive ketones (excluding diaryl/α,β-unsaturated/α-hetero) is 1. The third-order valence-corrected chi connectivity index (χ3v) is 6.53. The number of carbonyl (C=O) groups is 1. The summed E-state index contributed by atoms with van der Waals surface area (Å²) in [4.78, 5) is 13.0. The van der Waals surface area contributed by atoms with Gasteiger partial charge in [0.05, 0.1) is 12.2 Å². The molecular formula is C31H44O2. The fraction of sp³-hybridized carbons (Fsp3) is 0.516. The van der Waals surface area contributed by atoms with Crippen LogP contribution in [0.2, 0.25) is 0 Å². The first-order valence-electron chi connectivity index (χ1n) is 12.6. The van der Waals surface area contributed by atoms with E-state index in [2.05, 4.69) is 79.7 Å². The van der Waals surface area contributed by atoms with Crippen molar-refractivity contribution in [3.63, 3.8) is 0 Å². The largest absolute Gasteiger partial charge is 0.369 e. The summed E-state index contributed by atoms with van der Waals surface area (Å²) in [5.41, 5.74) is 6.16. The molecule has 0 heterocycles. The lowest BCUT2D eigenvalue weighted by Gasteiger charge is -2.31. The van der Waals surface area contributed by atoms with Crippen molar-refractivity contribution in [3.8, 4) is 0 Å². The van der Waals surface area contributed by atoms with E-state index < -0.39 is 0 Å². The van der Waals surface area contributed by atoms with Gasteiger partial charge < -0.3 is 4.74 Å². The molecule has 2 heteroatoms. The monoisotopic (exact) mass is 448 g/mol. The molecule has 2 aromatic rings. The Bertz CT molecular complexity index is 892. The van der Waals surface area contributed by atoms with Gasteiger partial charge in [0.25, 0.3) is 0 Å². The van der Waals surface area contributed by atoms with Crippen molar-refractivity contribution >= 4 is 5.78 Å². The highest BCUT2D eigenvalue weighted by Crippen LogP contribution is 2.38. The number of ketones is 1. The number of allylic oxidation sites excluding steroid dienone is 1. The van der Waals surface area contributed by atoms with Crippen LogP contribution in [-0.4, -0.2) is 11.9 Å². The van der Waals surface area contributed by atoms with Gasteiger partial charge in [0.1, 0.15) is 0 Å². The average molecular weight is 449 g/mol. The van der Waals surface area contributed by atoms with Crippen LogP contribution in [0, 0.1) is 5.92 Å². The van der Waals surface area contributed by atoms with Gasteiger partial charge in [-0.3, -0.25) is 4.79 Å². The van der Waals surface area contributed by atoms with E-state index in [4.69, 9.17) is 4.74 Å². The van der Waals surface area contributed by atoms with Gasteiger partial charge in [0, 0.05) is 17.9 Å². The number of hydrogen-bond donors (Lipinski definition) is 0. The summed E-state index contributed by atoms with van der Waals surface area (Å²) in [6.07, 6.45) is 4.29. The second-order valence-corrected chi connectivity index (χ2v) is 10.3. The molecule has 0 aliphatic rings. The predicted molar refractivity (Wildman–Crippen MR) is 141 cm³/mol. The molecule has 180 valence electrons. The third-order valence-electron chi connectivity index (χ3n) is 6.53. The van der Waals surface area contributed by atoms with Gasteiger partial charge >= 0.3 is 0 Å². The van der Waals surface area contributed by atoms with E-state index >= 15 is 0 Å². The number of carbonyl (C=O) groups excluding carboxylic acids is 1. The Balaban J connectivity index is 2.45. The van der Waals surface area contributed by atoms with Crippen LogP contribution in [0.3, 0.4) is 0 Å². The fourth-order valence-corrected chi connectivity index (χ4v) is 4.52. The Morgan fingerprint density at radius 3 is 1.85 bits per heavy atom. The lowest BCUT2D eigenvalue weighted by Crippen LogP contribution is -2.26. The number of ether oxygens (including phenoxy) is 1. The van der Waals surface area contributed by atoms with Crippen molar-refractivity contribution in [1.82, 2.24) is 0 Å². The zero-order chi connectivity index (χ0) is 24.7. The molecule has 0 amide bonds. The van der Waals surface area contributed by atoms with E-state index in [0.29, 0.717) is 24.2 Å². The van der Waals surface area contributed by atoms with Gasteiger partial charge in [-0.15, -0.1) is 0 Å². The maximum Gasteiger partial charge on any atom is 0.165 e. The molecule has 0 spiro atoms. The summed E-state index contributed by atoms with van der Waals surface area (Å²) in [6, 6.07) is 14.3. The fourth-order valence-electron chi connectivity index (χ4n) is 4.52. The van der Waals surface area contributed by atoms with Crippen LogP contribution < -0.4 is 0 Å². The van der Waals surface area contributed by atoms with Crippen LogP contribution in [0.4, 0.5) is 0 Å². The highest BCUT2D eigenvalue weighted by Gasteiger charge is 2.27. The van der Waals surface area contributed by atoms with E-state index in [9.17, 15) is 4.79 Å². The summed E-state index contributed by atoms with van der Waals surface area (Å²) in [5, 5.41) is 0. The first kappa shape index (κ1) is 27.1. The topological polar surface area (TPSA) is 26.3 Å². The van der Waals surface area contributed by atoms with Crippen molar-refractivity contribution in [3.05, 3.63) is 82.4 Å². The van der Waals surface area contributed by atoms with Gasteiger partial charge in [-0.05, 0) is 53.9 Å². The zero-order valence-electron chi connectivity index (χ0n) is 22.2. The van der Waals surface area contributed by atoms with Crippen LogP contribution in [-0.2, 0) is 4.74 Å². The Labute approximate surface area is 202 Å². The standard InChI is InChI=1S/C31H44O2/c1-10-14-23(8)30(19-29(32)25-15-12-11-13-16-25)33-24(9)31-27(21(4)5)17-26(20(2)3)18-28(31)22(6)7/h10-18,20-24,30H,19H2,1-9H3/b14-10+/t23-,24+,30+/m0/s1. The SMILES string of the molecule is C/C=C/[C@H](C)[C@@H](CC(=O)c1ccccc1)O[C@H](C)c1c(C(C)C)cc(C(C)C)cc1C(C)C. The second kappa shape index (κ2) is 12.3. The molecule has 0 aliphatic heterocycles. The highest BCUT2D eigenvalue weighted by molar-refractivity contribution is 5.96. The lowest BCUT2D eigenvalue weighted by molar-refractivity contribution is -0.0240. The minimum absolute atomic E-state index is 0.0951. The van der Waals surface area contributed by atoms with Crippen LogP contribution in [0.15, 0.2) is 54.6 Å². The van der Waals surface area contributed by atoms with E-state index in [1.165, 1.54) is 22.3 Å². The number of rotatable bonds is 11. The maximum absolute atomic E-state index is 13.0. The Kier molecular flexibility index (Phi) is 10.1. The number of hydrogen-bond acceptors (Lipinski definition) is 2. The van der Waals surface area contributed by atoms with E-state index in [1.54, 1.807) is 0 Å². The summed E-state index contributed by atoms with van der Waals surface area (Å²) in [6.45, 7) is 19.9. The first-order chi connectivity index (χ1) is 15.6. The smallest absolute Gasteiger partial charge is 0.165 e. The summed E-state index contributed by atoms with van der Waals surface area (Å²) < 4.78 is 6.75. The lowest BCUT2D eigenvalue weighted by atomic mass is 9.82. The second-order valence-electron chi connectivity index (χ2n) is 10.3. The summed E-state index contributed by atoms with van der Waals surface area (Å²) in [5.74, 6) is 1.56. The van der Waals surface area contributed by atoms with Crippen molar-refractivity contribution in [2.75, 3.05) is 0 Å². The molecule has 2 rings (SSSR count). The van der Waals surface area contributed by atoms with Gasteiger partial charge in [-0.2, -0.15) is 0 Å². The molecule has 0 N–H and O–H groups in total. The molecule has 0 radical (unpaired) electrons. The van der Waals surface area contributed by atoms with E-state index in [-0.39, 0.29) is 23.9 Å². The van der Waals surface area contributed by atoms with Gasteiger partial charge in [0.2, 0.25) is 0 Å². The molecule has 0 fully saturated rings. The van der Waals surface area contributed by atoms with Crippen LogP contribution in [0.5, 0.6) is 0 Å². The molecular weight excluding hydrogens is 404 g/mol.